The number of aryl methyl sites for hydroxylation is 1. The van der Waals surface area contributed by atoms with Crippen molar-refractivity contribution in [1.82, 2.24) is 15.2 Å². The summed E-state index contributed by atoms with van der Waals surface area (Å²) in [5.41, 5.74) is 7.25. The molecule has 2 amide bonds. The molecule has 8 heteroatoms. The summed E-state index contributed by atoms with van der Waals surface area (Å²) in [5, 5.41) is 2.88. The molecule has 0 spiro atoms. The Labute approximate surface area is 161 Å². The third-order valence-corrected chi connectivity index (χ3v) is 4.18. The first-order valence-electron chi connectivity index (χ1n) is 8.28. The van der Waals surface area contributed by atoms with Gasteiger partial charge in [-0.25, -0.2) is 0 Å². The highest BCUT2D eigenvalue weighted by Crippen LogP contribution is 2.18. The number of nitrogens with zero attached hydrogens (tertiary/aromatic N) is 2. The molecule has 0 aromatic carbocycles. The standard InChI is InChI=1S/C17H26N4O2.2ClH/c1-13-5-6-14(11-19-13)10-17(23)21-9-3-2-4-15(21)12-20-16(22)7-8-18;;/h5-6,11,15H,2-4,7-10,12,18H2,1H3,(H,20,22);2*1H. The van der Waals surface area contributed by atoms with E-state index in [1.54, 1.807) is 6.20 Å². The molecule has 142 valence electrons. The van der Waals surface area contributed by atoms with Gasteiger partial charge in [0.05, 0.1) is 6.42 Å². The molecule has 0 radical (unpaired) electrons. The fourth-order valence-corrected chi connectivity index (χ4v) is 2.87. The second-order valence-corrected chi connectivity index (χ2v) is 6.06. The van der Waals surface area contributed by atoms with E-state index < -0.39 is 0 Å². The quantitative estimate of drug-likeness (QED) is 0.772. The van der Waals surface area contributed by atoms with Gasteiger partial charge >= 0.3 is 0 Å². The number of aromatic nitrogens is 1. The Kier molecular flexibility index (Phi) is 11.4. The Bertz CT molecular complexity index is 540. The van der Waals surface area contributed by atoms with Gasteiger partial charge in [0.1, 0.15) is 0 Å². The van der Waals surface area contributed by atoms with Crippen LogP contribution in [-0.4, -0.2) is 47.4 Å². The molecule has 2 heterocycles. The van der Waals surface area contributed by atoms with Crippen molar-refractivity contribution in [2.24, 2.45) is 5.73 Å². The number of nitrogens with one attached hydrogen (secondary N) is 1. The van der Waals surface area contributed by atoms with Crippen LogP contribution in [-0.2, 0) is 16.0 Å². The minimum absolute atomic E-state index is 0. The number of halogens is 2. The zero-order valence-electron chi connectivity index (χ0n) is 14.6. The van der Waals surface area contributed by atoms with E-state index >= 15 is 0 Å². The summed E-state index contributed by atoms with van der Waals surface area (Å²) in [6, 6.07) is 3.95. The van der Waals surface area contributed by atoms with Crippen LogP contribution in [0.1, 0.15) is 36.9 Å². The number of likely N-dealkylation sites (tertiary alicyclic amines) is 1. The maximum atomic E-state index is 12.6. The number of rotatable bonds is 6. The number of nitrogens with two attached hydrogens (primary N) is 1. The van der Waals surface area contributed by atoms with Gasteiger partial charge in [-0.15, -0.1) is 24.8 Å². The molecule has 0 aliphatic carbocycles. The molecule has 1 atom stereocenters. The number of carbonyl (C=O) groups is 2. The van der Waals surface area contributed by atoms with Crippen LogP contribution in [0.3, 0.4) is 0 Å². The first-order valence-corrected chi connectivity index (χ1v) is 8.28. The summed E-state index contributed by atoms with van der Waals surface area (Å²) in [7, 11) is 0. The van der Waals surface area contributed by atoms with Gasteiger partial charge in [0.2, 0.25) is 11.8 Å². The summed E-state index contributed by atoms with van der Waals surface area (Å²) in [6.45, 7) is 3.54. The van der Waals surface area contributed by atoms with E-state index in [4.69, 9.17) is 5.73 Å². The first kappa shape index (κ1) is 23.6. The summed E-state index contributed by atoms with van der Waals surface area (Å²) in [6.07, 6.45) is 5.49. The van der Waals surface area contributed by atoms with Crippen LogP contribution in [0.2, 0.25) is 0 Å². The van der Waals surface area contributed by atoms with E-state index in [-0.39, 0.29) is 42.7 Å². The van der Waals surface area contributed by atoms with Crippen LogP contribution in [0.25, 0.3) is 0 Å². The van der Waals surface area contributed by atoms with E-state index in [9.17, 15) is 9.59 Å². The lowest BCUT2D eigenvalue weighted by atomic mass is 10.0. The van der Waals surface area contributed by atoms with Crippen LogP contribution >= 0.6 is 24.8 Å². The van der Waals surface area contributed by atoms with Crippen molar-refractivity contribution in [2.45, 2.75) is 45.1 Å². The van der Waals surface area contributed by atoms with Gasteiger partial charge in [-0.3, -0.25) is 14.6 Å². The number of pyridine rings is 1. The monoisotopic (exact) mass is 390 g/mol. The number of piperidine rings is 1. The van der Waals surface area contributed by atoms with Crippen molar-refractivity contribution in [3.63, 3.8) is 0 Å². The number of hydrogen-bond donors (Lipinski definition) is 2. The minimum Gasteiger partial charge on any atom is -0.354 e. The zero-order valence-corrected chi connectivity index (χ0v) is 16.2. The van der Waals surface area contributed by atoms with Crippen molar-refractivity contribution < 1.29 is 9.59 Å². The molecule has 1 unspecified atom stereocenters. The molecule has 1 fully saturated rings. The van der Waals surface area contributed by atoms with Crippen molar-refractivity contribution in [3.05, 3.63) is 29.6 Å². The molecule has 1 aliphatic rings. The van der Waals surface area contributed by atoms with E-state index in [1.807, 2.05) is 24.0 Å². The second kappa shape index (κ2) is 12.1. The molecule has 1 aromatic rings. The van der Waals surface area contributed by atoms with Crippen LogP contribution in [0.4, 0.5) is 0 Å². The molecular formula is C17H28Cl2N4O2. The average molecular weight is 391 g/mol. The van der Waals surface area contributed by atoms with Gasteiger partial charge in [0.15, 0.2) is 0 Å². The SMILES string of the molecule is Cc1ccc(CC(=O)N2CCCCC2CNC(=O)CCN)cn1.Cl.Cl. The van der Waals surface area contributed by atoms with E-state index in [0.29, 0.717) is 25.9 Å². The maximum Gasteiger partial charge on any atom is 0.227 e. The lowest BCUT2D eigenvalue weighted by Gasteiger charge is -2.36. The Balaban J connectivity index is 0.00000288. The van der Waals surface area contributed by atoms with Crippen molar-refractivity contribution in [1.29, 1.82) is 0 Å². The third-order valence-electron chi connectivity index (χ3n) is 4.18. The van der Waals surface area contributed by atoms with E-state index in [2.05, 4.69) is 10.3 Å². The predicted molar refractivity (Wildman–Crippen MR) is 103 cm³/mol. The molecule has 6 nitrogen and oxygen atoms in total. The first-order chi connectivity index (χ1) is 11.1. The highest BCUT2D eigenvalue weighted by molar-refractivity contribution is 5.85. The highest BCUT2D eigenvalue weighted by atomic mass is 35.5. The average Bonchev–Trinajstić information content (AvgIpc) is 2.55. The Morgan fingerprint density at radius 1 is 1.32 bits per heavy atom. The molecule has 25 heavy (non-hydrogen) atoms. The Morgan fingerprint density at radius 2 is 2.08 bits per heavy atom. The zero-order chi connectivity index (χ0) is 16.7. The van der Waals surface area contributed by atoms with Crippen LogP contribution in [0.15, 0.2) is 18.3 Å². The summed E-state index contributed by atoms with van der Waals surface area (Å²) in [5.74, 6) is 0.0571. The Hall–Kier alpha value is -1.37. The lowest BCUT2D eigenvalue weighted by Crippen LogP contribution is -2.50. The minimum atomic E-state index is -0.0480. The Morgan fingerprint density at radius 3 is 2.72 bits per heavy atom. The van der Waals surface area contributed by atoms with Crippen molar-refractivity contribution >= 4 is 36.6 Å². The number of hydrogen-bond acceptors (Lipinski definition) is 4. The predicted octanol–water partition coefficient (Wildman–Crippen LogP) is 1.62. The molecule has 3 N–H and O–H groups in total. The molecule has 0 saturated carbocycles. The topological polar surface area (TPSA) is 88.3 Å². The van der Waals surface area contributed by atoms with Gasteiger partial charge in [-0.1, -0.05) is 6.07 Å². The smallest absolute Gasteiger partial charge is 0.227 e. The highest BCUT2D eigenvalue weighted by Gasteiger charge is 2.26. The van der Waals surface area contributed by atoms with Crippen molar-refractivity contribution in [3.8, 4) is 0 Å². The van der Waals surface area contributed by atoms with Gasteiger partial charge < -0.3 is 16.0 Å². The molecule has 2 rings (SSSR count). The molecule has 1 aliphatic heterocycles. The van der Waals surface area contributed by atoms with E-state index in [1.165, 1.54) is 0 Å². The lowest BCUT2D eigenvalue weighted by molar-refractivity contribution is -0.134. The van der Waals surface area contributed by atoms with E-state index in [0.717, 1.165) is 37.1 Å². The molecular weight excluding hydrogens is 363 g/mol. The largest absolute Gasteiger partial charge is 0.354 e. The van der Waals surface area contributed by atoms with Crippen LogP contribution in [0, 0.1) is 6.92 Å². The molecule has 0 bridgehead atoms. The summed E-state index contributed by atoms with van der Waals surface area (Å²) < 4.78 is 0. The van der Waals surface area contributed by atoms with Gasteiger partial charge in [0, 0.05) is 44.0 Å². The second-order valence-electron chi connectivity index (χ2n) is 6.06. The fourth-order valence-electron chi connectivity index (χ4n) is 2.87. The number of amides is 2. The maximum absolute atomic E-state index is 12.6. The van der Waals surface area contributed by atoms with Crippen LogP contribution < -0.4 is 11.1 Å². The van der Waals surface area contributed by atoms with Crippen molar-refractivity contribution in [2.75, 3.05) is 19.6 Å². The van der Waals surface area contributed by atoms with Gasteiger partial charge in [-0.2, -0.15) is 0 Å². The summed E-state index contributed by atoms with van der Waals surface area (Å²) in [4.78, 5) is 30.3. The molecule has 1 aromatic heterocycles. The third kappa shape index (κ3) is 7.59. The van der Waals surface area contributed by atoms with Crippen LogP contribution in [0.5, 0.6) is 0 Å². The normalized spacial score (nSPS) is 16.4. The number of carbonyl (C=O) groups excluding carboxylic acids is 2. The molecule has 1 saturated heterocycles. The van der Waals surface area contributed by atoms with Gasteiger partial charge in [0.25, 0.3) is 0 Å². The summed E-state index contributed by atoms with van der Waals surface area (Å²) >= 11 is 0. The fraction of sp³-hybridized carbons (Fsp3) is 0.588. The van der Waals surface area contributed by atoms with Gasteiger partial charge in [-0.05, 0) is 37.8 Å².